The number of benzene rings is 1. The largest absolute Gasteiger partial charge is 0.392 e. The molecule has 1 rings (SSSR count). The fraction of sp³-hybridized carbons (Fsp3) is 0.556. The smallest absolute Gasteiger partial charge is 0.0670 e. The van der Waals surface area contributed by atoms with Crippen molar-refractivity contribution in [2.24, 2.45) is 5.92 Å². The van der Waals surface area contributed by atoms with Gasteiger partial charge in [-0.3, -0.25) is 4.90 Å². The van der Waals surface area contributed by atoms with Crippen molar-refractivity contribution in [3.63, 3.8) is 0 Å². The third kappa shape index (κ3) is 6.88. The summed E-state index contributed by atoms with van der Waals surface area (Å²) in [5.74, 6) is 0.603. The van der Waals surface area contributed by atoms with Gasteiger partial charge >= 0.3 is 0 Å². The van der Waals surface area contributed by atoms with Crippen LogP contribution in [0.25, 0.3) is 0 Å². The number of rotatable bonds is 9. The molecule has 2 heteroatoms. The van der Waals surface area contributed by atoms with Crippen LogP contribution in [-0.2, 0) is 6.54 Å². The third-order valence-electron chi connectivity index (χ3n) is 3.28. The SMILES string of the molecule is C=CCC[C@H](O)CN(Cc1cccc(C)c1)CC(C)C. The molecule has 0 radical (unpaired) electrons. The maximum atomic E-state index is 10.1. The fourth-order valence-corrected chi connectivity index (χ4v) is 2.49. The van der Waals surface area contributed by atoms with Gasteiger partial charge in [-0.05, 0) is 31.2 Å². The lowest BCUT2D eigenvalue weighted by atomic mass is 10.1. The molecule has 0 saturated carbocycles. The Balaban J connectivity index is 2.61. The van der Waals surface area contributed by atoms with E-state index in [1.165, 1.54) is 11.1 Å². The van der Waals surface area contributed by atoms with Gasteiger partial charge < -0.3 is 5.11 Å². The summed E-state index contributed by atoms with van der Waals surface area (Å²) in [6.07, 6.45) is 3.28. The number of hydrogen-bond donors (Lipinski definition) is 1. The molecule has 0 unspecified atom stereocenters. The summed E-state index contributed by atoms with van der Waals surface area (Å²) in [5.41, 5.74) is 2.61. The molecule has 0 fully saturated rings. The first-order chi connectivity index (χ1) is 9.51. The third-order valence-corrected chi connectivity index (χ3v) is 3.28. The molecule has 1 aromatic rings. The summed E-state index contributed by atoms with van der Waals surface area (Å²) in [4.78, 5) is 2.35. The van der Waals surface area contributed by atoms with Gasteiger partial charge in [-0.2, -0.15) is 0 Å². The molecule has 0 bridgehead atoms. The molecule has 0 saturated heterocycles. The van der Waals surface area contributed by atoms with Crippen LogP contribution < -0.4 is 0 Å². The van der Waals surface area contributed by atoms with Crippen LogP contribution in [0.3, 0.4) is 0 Å². The molecule has 0 spiro atoms. The van der Waals surface area contributed by atoms with Gasteiger partial charge in [0.05, 0.1) is 6.10 Å². The Bertz CT molecular complexity index is 400. The monoisotopic (exact) mass is 275 g/mol. The lowest BCUT2D eigenvalue weighted by Crippen LogP contribution is -2.34. The highest BCUT2D eigenvalue weighted by Crippen LogP contribution is 2.11. The molecular formula is C18H29NO. The number of aryl methyl sites for hydroxylation is 1. The molecule has 1 N–H and O–H groups in total. The number of aliphatic hydroxyl groups is 1. The minimum atomic E-state index is -0.267. The highest BCUT2D eigenvalue weighted by Gasteiger charge is 2.13. The summed E-state index contributed by atoms with van der Waals surface area (Å²) in [7, 11) is 0. The molecular weight excluding hydrogens is 246 g/mol. The average Bonchev–Trinajstić information content (AvgIpc) is 2.35. The highest BCUT2D eigenvalue weighted by molar-refractivity contribution is 5.22. The van der Waals surface area contributed by atoms with Crippen molar-refractivity contribution in [1.29, 1.82) is 0 Å². The van der Waals surface area contributed by atoms with Crippen molar-refractivity contribution in [2.45, 2.75) is 46.3 Å². The van der Waals surface area contributed by atoms with Crippen LogP contribution in [0.15, 0.2) is 36.9 Å². The van der Waals surface area contributed by atoms with E-state index < -0.39 is 0 Å². The van der Waals surface area contributed by atoms with E-state index >= 15 is 0 Å². The minimum absolute atomic E-state index is 0.267. The fourth-order valence-electron chi connectivity index (χ4n) is 2.49. The predicted molar refractivity (Wildman–Crippen MR) is 86.7 cm³/mol. The predicted octanol–water partition coefficient (Wildman–Crippen LogP) is 3.78. The van der Waals surface area contributed by atoms with Crippen molar-refractivity contribution in [2.75, 3.05) is 13.1 Å². The molecule has 0 amide bonds. The summed E-state index contributed by atoms with van der Waals surface area (Å²) in [5, 5.41) is 10.1. The van der Waals surface area contributed by atoms with Gasteiger partial charge in [0.15, 0.2) is 0 Å². The van der Waals surface area contributed by atoms with Crippen LogP contribution in [0.4, 0.5) is 0 Å². The normalized spacial score (nSPS) is 12.9. The van der Waals surface area contributed by atoms with E-state index in [2.05, 4.69) is 56.5 Å². The second-order valence-corrected chi connectivity index (χ2v) is 6.10. The van der Waals surface area contributed by atoms with Crippen molar-refractivity contribution in [1.82, 2.24) is 4.90 Å². The molecule has 0 heterocycles. The Hall–Kier alpha value is -1.12. The van der Waals surface area contributed by atoms with Crippen LogP contribution >= 0.6 is 0 Å². The molecule has 112 valence electrons. The number of hydrogen-bond acceptors (Lipinski definition) is 2. The maximum Gasteiger partial charge on any atom is 0.0670 e. The van der Waals surface area contributed by atoms with Crippen molar-refractivity contribution in [3.8, 4) is 0 Å². The van der Waals surface area contributed by atoms with Gasteiger partial charge in [0.2, 0.25) is 0 Å². The Labute approximate surface area is 124 Å². The molecule has 0 aliphatic carbocycles. The summed E-state index contributed by atoms with van der Waals surface area (Å²) in [6, 6.07) is 8.61. The zero-order valence-corrected chi connectivity index (χ0v) is 13.2. The average molecular weight is 275 g/mol. The van der Waals surface area contributed by atoms with E-state index in [0.29, 0.717) is 5.92 Å². The van der Waals surface area contributed by atoms with Gasteiger partial charge in [0, 0.05) is 19.6 Å². The molecule has 0 aliphatic rings. The van der Waals surface area contributed by atoms with E-state index in [4.69, 9.17) is 0 Å². The van der Waals surface area contributed by atoms with Gasteiger partial charge in [0.25, 0.3) is 0 Å². The first-order valence-electron chi connectivity index (χ1n) is 7.58. The molecule has 1 aromatic carbocycles. The topological polar surface area (TPSA) is 23.5 Å². The van der Waals surface area contributed by atoms with Crippen LogP contribution in [0.1, 0.15) is 37.8 Å². The van der Waals surface area contributed by atoms with Crippen molar-refractivity contribution >= 4 is 0 Å². The van der Waals surface area contributed by atoms with E-state index in [1.54, 1.807) is 0 Å². The van der Waals surface area contributed by atoms with E-state index in [0.717, 1.165) is 32.5 Å². The number of nitrogens with zero attached hydrogens (tertiary/aromatic N) is 1. The van der Waals surface area contributed by atoms with E-state index in [9.17, 15) is 5.11 Å². The first kappa shape index (κ1) is 16.9. The van der Waals surface area contributed by atoms with Crippen molar-refractivity contribution < 1.29 is 5.11 Å². The van der Waals surface area contributed by atoms with E-state index in [1.807, 2.05) is 6.08 Å². The Morgan fingerprint density at radius 3 is 2.65 bits per heavy atom. The second-order valence-electron chi connectivity index (χ2n) is 6.10. The second kappa shape index (κ2) is 8.93. The zero-order valence-electron chi connectivity index (χ0n) is 13.2. The highest BCUT2D eigenvalue weighted by atomic mass is 16.3. The minimum Gasteiger partial charge on any atom is -0.392 e. The summed E-state index contributed by atoms with van der Waals surface area (Å²) in [6.45, 7) is 12.9. The first-order valence-corrected chi connectivity index (χ1v) is 7.58. The Morgan fingerprint density at radius 1 is 1.30 bits per heavy atom. The van der Waals surface area contributed by atoms with Gasteiger partial charge in [-0.15, -0.1) is 6.58 Å². The van der Waals surface area contributed by atoms with E-state index in [-0.39, 0.29) is 6.10 Å². The number of aliphatic hydroxyl groups excluding tert-OH is 1. The lowest BCUT2D eigenvalue weighted by molar-refractivity contribution is 0.0957. The quantitative estimate of drug-likeness (QED) is 0.693. The maximum absolute atomic E-state index is 10.1. The van der Waals surface area contributed by atoms with Gasteiger partial charge in [-0.25, -0.2) is 0 Å². The van der Waals surface area contributed by atoms with Gasteiger partial charge in [-0.1, -0.05) is 49.8 Å². The Kier molecular flexibility index (Phi) is 7.56. The number of allylic oxidation sites excluding steroid dienone is 1. The van der Waals surface area contributed by atoms with Crippen LogP contribution in [0, 0.1) is 12.8 Å². The summed E-state index contributed by atoms with van der Waals surface area (Å²) >= 11 is 0. The van der Waals surface area contributed by atoms with Crippen LogP contribution in [0.5, 0.6) is 0 Å². The molecule has 0 aliphatic heterocycles. The van der Waals surface area contributed by atoms with Crippen LogP contribution in [0.2, 0.25) is 0 Å². The molecule has 1 atom stereocenters. The Morgan fingerprint density at radius 2 is 2.05 bits per heavy atom. The zero-order chi connectivity index (χ0) is 15.0. The molecule has 20 heavy (non-hydrogen) atoms. The van der Waals surface area contributed by atoms with Gasteiger partial charge in [0.1, 0.15) is 0 Å². The van der Waals surface area contributed by atoms with Crippen LogP contribution in [-0.4, -0.2) is 29.2 Å². The molecule has 2 nitrogen and oxygen atoms in total. The van der Waals surface area contributed by atoms with Crippen molar-refractivity contribution in [3.05, 3.63) is 48.0 Å². The lowest BCUT2D eigenvalue weighted by Gasteiger charge is -2.27. The standard InChI is InChI=1S/C18H29NO/c1-5-6-10-18(20)14-19(12-15(2)3)13-17-9-7-8-16(4)11-17/h5,7-9,11,15,18,20H,1,6,10,12-14H2,2-4H3/t18-/m0/s1. The summed E-state index contributed by atoms with van der Waals surface area (Å²) < 4.78 is 0. The molecule has 0 aromatic heterocycles.